The zero-order valence-corrected chi connectivity index (χ0v) is 20.3. The van der Waals surface area contributed by atoms with Gasteiger partial charge in [-0.3, -0.25) is 9.36 Å². The lowest BCUT2D eigenvalue weighted by atomic mass is 10.2. The van der Waals surface area contributed by atoms with E-state index in [0.29, 0.717) is 19.0 Å². The van der Waals surface area contributed by atoms with Gasteiger partial charge in [-0.1, -0.05) is 23.9 Å². The molecule has 7 heteroatoms. The van der Waals surface area contributed by atoms with Crippen LogP contribution in [0.25, 0.3) is 16.7 Å². The van der Waals surface area contributed by atoms with Crippen molar-refractivity contribution in [1.29, 1.82) is 0 Å². The maximum absolute atomic E-state index is 13.1. The summed E-state index contributed by atoms with van der Waals surface area (Å²) < 4.78 is 15.0. The summed E-state index contributed by atoms with van der Waals surface area (Å²) in [5, 5.41) is 0.793. The lowest BCUT2D eigenvalue weighted by Gasteiger charge is -2.11. The van der Waals surface area contributed by atoms with E-state index < -0.39 is 0 Å². The Morgan fingerprint density at radius 3 is 2.58 bits per heavy atom. The Balaban J connectivity index is 1.61. The number of ether oxygens (including phenoxy) is 2. The van der Waals surface area contributed by atoms with Crippen molar-refractivity contribution in [3.63, 3.8) is 0 Å². The SMILES string of the molecule is CCOc1ccc(-n2c(SCC(=O)c3cc(C)n(CCOC)c3C)nc3ccccc32)cc1. The molecular formula is C26H29N3O3S. The van der Waals surface area contributed by atoms with Crippen LogP contribution in [0.5, 0.6) is 5.75 Å². The number of benzene rings is 2. The van der Waals surface area contributed by atoms with Crippen molar-refractivity contribution < 1.29 is 14.3 Å². The molecule has 0 N–H and O–H groups in total. The number of fused-ring (bicyclic) bond motifs is 1. The number of Topliss-reactive ketones (excluding diaryl/α,β-unsaturated/α-hetero) is 1. The highest BCUT2D eigenvalue weighted by atomic mass is 32.2. The second kappa shape index (κ2) is 10.3. The van der Waals surface area contributed by atoms with Crippen molar-refractivity contribution in [2.75, 3.05) is 26.1 Å². The van der Waals surface area contributed by atoms with Gasteiger partial charge in [0.25, 0.3) is 0 Å². The fraction of sp³-hybridized carbons (Fsp3) is 0.308. The van der Waals surface area contributed by atoms with Crippen LogP contribution in [0.2, 0.25) is 0 Å². The summed E-state index contributed by atoms with van der Waals surface area (Å²) in [5.74, 6) is 1.25. The maximum atomic E-state index is 13.1. The zero-order valence-electron chi connectivity index (χ0n) is 19.5. The standard InChI is InChI=1S/C26H29N3O3S/c1-5-32-21-12-10-20(11-13-21)29-24-9-7-6-8-23(24)27-26(29)33-17-25(30)22-16-18(2)28(19(22)3)14-15-31-4/h6-13,16H,5,14-15,17H2,1-4H3. The van der Waals surface area contributed by atoms with Crippen LogP contribution in [0, 0.1) is 13.8 Å². The van der Waals surface area contributed by atoms with Crippen molar-refractivity contribution in [2.45, 2.75) is 32.5 Å². The molecule has 0 spiro atoms. The van der Waals surface area contributed by atoms with Crippen LogP contribution in [0.15, 0.2) is 59.8 Å². The molecule has 0 amide bonds. The Bertz CT molecular complexity index is 1260. The van der Waals surface area contributed by atoms with Crippen molar-refractivity contribution in [1.82, 2.24) is 14.1 Å². The van der Waals surface area contributed by atoms with Gasteiger partial charge >= 0.3 is 0 Å². The van der Waals surface area contributed by atoms with E-state index in [-0.39, 0.29) is 5.78 Å². The van der Waals surface area contributed by atoms with Crippen LogP contribution in [0.3, 0.4) is 0 Å². The summed E-state index contributed by atoms with van der Waals surface area (Å²) in [6.45, 7) is 7.97. The summed E-state index contributed by atoms with van der Waals surface area (Å²) >= 11 is 1.46. The van der Waals surface area contributed by atoms with E-state index >= 15 is 0 Å². The van der Waals surface area contributed by atoms with Crippen LogP contribution >= 0.6 is 11.8 Å². The molecule has 2 heterocycles. The third-order valence-corrected chi connectivity index (χ3v) is 6.60. The lowest BCUT2D eigenvalue weighted by Crippen LogP contribution is -2.10. The maximum Gasteiger partial charge on any atom is 0.175 e. The van der Waals surface area contributed by atoms with Gasteiger partial charge in [0.05, 0.1) is 30.0 Å². The molecule has 4 rings (SSSR count). The molecule has 0 fully saturated rings. The molecule has 0 saturated carbocycles. The van der Waals surface area contributed by atoms with Gasteiger partial charge in [-0.2, -0.15) is 0 Å². The molecule has 0 atom stereocenters. The number of thioether (sulfide) groups is 1. The highest BCUT2D eigenvalue weighted by Crippen LogP contribution is 2.30. The number of carbonyl (C=O) groups excluding carboxylic acids is 1. The minimum atomic E-state index is 0.0991. The van der Waals surface area contributed by atoms with Gasteiger partial charge in [-0.05, 0) is 63.2 Å². The summed E-state index contributed by atoms with van der Waals surface area (Å²) in [4.78, 5) is 18.0. The number of hydrogen-bond acceptors (Lipinski definition) is 5. The summed E-state index contributed by atoms with van der Waals surface area (Å²) in [6, 6.07) is 18.0. The van der Waals surface area contributed by atoms with E-state index in [1.165, 1.54) is 11.8 Å². The molecule has 172 valence electrons. The van der Waals surface area contributed by atoms with Crippen molar-refractivity contribution in [3.05, 3.63) is 71.5 Å². The first kappa shape index (κ1) is 23.1. The highest BCUT2D eigenvalue weighted by Gasteiger charge is 2.19. The first-order valence-corrected chi connectivity index (χ1v) is 12.0. The lowest BCUT2D eigenvalue weighted by molar-refractivity contribution is 0.102. The Labute approximate surface area is 198 Å². The van der Waals surface area contributed by atoms with Crippen LogP contribution in [-0.2, 0) is 11.3 Å². The molecule has 4 aromatic rings. The smallest absolute Gasteiger partial charge is 0.175 e. The molecule has 2 aromatic carbocycles. The van der Waals surface area contributed by atoms with Crippen molar-refractivity contribution in [3.8, 4) is 11.4 Å². The number of methoxy groups -OCH3 is 1. The predicted molar refractivity (Wildman–Crippen MR) is 133 cm³/mol. The van der Waals surface area contributed by atoms with Gasteiger partial charge in [0, 0.05) is 36.3 Å². The number of nitrogens with zero attached hydrogens (tertiary/aromatic N) is 3. The van der Waals surface area contributed by atoms with Crippen LogP contribution in [-0.4, -0.2) is 46.0 Å². The molecule has 0 saturated heterocycles. The number of aromatic nitrogens is 3. The van der Waals surface area contributed by atoms with Crippen molar-refractivity contribution in [2.24, 2.45) is 0 Å². The second-order valence-corrected chi connectivity index (χ2v) is 8.73. The van der Waals surface area contributed by atoms with Crippen LogP contribution < -0.4 is 4.74 Å². The molecule has 6 nitrogen and oxygen atoms in total. The third kappa shape index (κ3) is 4.84. The van der Waals surface area contributed by atoms with E-state index in [9.17, 15) is 4.79 Å². The quantitative estimate of drug-likeness (QED) is 0.231. The minimum Gasteiger partial charge on any atom is -0.494 e. The topological polar surface area (TPSA) is 58.3 Å². The zero-order chi connectivity index (χ0) is 23.4. The first-order chi connectivity index (χ1) is 16.0. The van der Waals surface area contributed by atoms with Crippen molar-refractivity contribution >= 4 is 28.6 Å². The molecule has 0 unspecified atom stereocenters. The minimum absolute atomic E-state index is 0.0991. The summed E-state index contributed by atoms with van der Waals surface area (Å²) in [5.41, 5.74) is 5.71. The molecule has 0 aliphatic rings. The highest BCUT2D eigenvalue weighted by molar-refractivity contribution is 7.99. The van der Waals surface area contributed by atoms with Gasteiger partial charge in [0.1, 0.15) is 5.75 Å². The number of carbonyl (C=O) groups is 1. The first-order valence-electron chi connectivity index (χ1n) is 11.1. The number of imidazole rings is 1. The molecule has 0 aliphatic heterocycles. The number of rotatable bonds is 10. The largest absolute Gasteiger partial charge is 0.494 e. The number of hydrogen-bond donors (Lipinski definition) is 0. The Morgan fingerprint density at radius 2 is 1.85 bits per heavy atom. The van der Waals surface area contributed by atoms with E-state index in [1.54, 1.807) is 7.11 Å². The van der Waals surface area contributed by atoms with Gasteiger partial charge in [0.15, 0.2) is 10.9 Å². The monoisotopic (exact) mass is 463 g/mol. The Morgan fingerprint density at radius 1 is 1.09 bits per heavy atom. The molecule has 2 aromatic heterocycles. The van der Waals surface area contributed by atoms with Crippen LogP contribution in [0.4, 0.5) is 0 Å². The van der Waals surface area contributed by atoms with Gasteiger partial charge in [-0.15, -0.1) is 0 Å². The number of aryl methyl sites for hydroxylation is 1. The molecule has 0 aliphatic carbocycles. The van der Waals surface area contributed by atoms with E-state index in [0.717, 1.165) is 51.1 Å². The predicted octanol–water partition coefficient (Wildman–Crippen LogP) is 5.46. The van der Waals surface area contributed by atoms with E-state index in [1.807, 2.05) is 75.4 Å². The molecule has 0 bridgehead atoms. The average molecular weight is 464 g/mol. The summed E-state index contributed by atoms with van der Waals surface area (Å²) in [6.07, 6.45) is 0. The average Bonchev–Trinajstić information content (AvgIpc) is 3.33. The van der Waals surface area contributed by atoms with E-state index in [4.69, 9.17) is 14.5 Å². The Kier molecular flexibility index (Phi) is 7.20. The van der Waals surface area contributed by atoms with Gasteiger partial charge in [-0.25, -0.2) is 4.98 Å². The molecule has 33 heavy (non-hydrogen) atoms. The fourth-order valence-corrected chi connectivity index (χ4v) is 4.94. The van der Waals surface area contributed by atoms with Gasteiger partial charge < -0.3 is 14.0 Å². The molecule has 0 radical (unpaired) electrons. The summed E-state index contributed by atoms with van der Waals surface area (Å²) in [7, 11) is 1.69. The van der Waals surface area contributed by atoms with E-state index in [2.05, 4.69) is 9.13 Å². The number of ketones is 1. The molecular weight excluding hydrogens is 434 g/mol. The third-order valence-electron chi connectivity index (χ3n) is 5.66. The van der Waals surface area contributed by atoms with Crippen LogP contribution in [0.1, 0.15) is 28.7 Å². The fourth-order valence-electron chi connectivity index (χ4n) is 4.03. The number of para-hydroxylation sites is 2. The normalized spacial score (nSPS) is 11.3. The Hall–Kier alpha value is -3.03. The van der Waals surface area contributed by atoms with Gasteiger partial charge in [0.2, 0.25) is 0 Å². The second-order valence-electron chi connectivity index (χ2n) is 7.79.